The van der Waals surface area contributed by atoms with E-state index < -0.39 is 17.6 Å². The molecule has 0 spiro atoms. The van der Waals surface area contributed by atoms with Gasteiger partial charge in [0.1, 0.15) is 0 Å². The average Bonchev–Trinajstić information content (AvgIpc) is 2.91. The second kappa shape index (κ2) is 30.4. The average molecular weight is 611 g/mol. The molecule has 0 aliphatic heterocycles. The zero-order valence-corrected chi connectivity index (χ0v) is 30.7. The largest absolute Gasteiger partial charge is 0.382 e. The van der Waals surface area contributed by atoms with Gasteiger partial charge in [-0.2, -0.15) is 0 Å². The fourth-order valence-electron chi connectivity index (χ4n) is 5.35. The lowest BCUT2D eigenvalue weighted by atomic mass is 10.2. The van der Waals surface area contributed by atoms with Crippen LogP contribution in [0.1, 0.15) is 131 Å². The van der Waals surface area contributed by atoms with E-state index in [0.717, 1.165) is 13.2 Å². The number of rotatable bonds is 30. The van der Waals surface area contributed by atoms with Gasteiger partial charge in [-0.05, 0) is 49.4 Å². The molecule has 0 saturated carbocycles. The summed E-state index contributed by atoms with van der Waals surface area (Å²) >= 11 is 0. The molecule has 0 aromatic rings. The van der Waals surface area contributed by atoms with E-state index in [0.29, 0.717) is 11.5 Å². The zero-order valence-electron chi connectivity index (χ0n) is 25.9. The fraction of sp³-hybridized carbons (Fsp3) is 1.00. The molecule has 0 saturated heterocycles. The molecule has 0 bridgehead atoms. The third kappa shape index (κ3) is 22.7. The molecule has 0 amide bonds. The lowest BCUT2D eigenvalue weighted by molar-refractivity contribution is 0.105. The van der Waals surface area contributed by atoms with Gasteiger partial charge < -0.3 is 9.47 Å². The van der Waals surface area contributed by atoms with Crippen LogP contribution in [-0.4, -0.2) is 53.8 Å². The molecule has 0 rings (SSSR count). The van der Waals surface area contributed by atoms with Gasteiger partial charge in [0.2, 0.25) is 0 Å². The van der Waals surface area contributed by atoms with E-state index in [9.17, 15) is 0 Å². The standard InChI is InChI=1S/C30H66O2S3Si2/c1-7-13-25-36(26-14-8-2)29(31-11-5)21-17-19-23-33-35-34-24-20-18-22-30(32-12-6)37(27-15-9-3)28-16-10-4/h29-30,36-37H,7-28H2,1-6H3. The summed E-state index contributed by atoms with van der Waals surface area (Å²) in [5.41, 5.74) is 1.25. The van der Waals surface area contributed by atoms with E-state index >= 15 is 0 Å². The molecule has 0 fully saturated rings. The summed E-state index contributed by atoms with van der Waals surface area (Å²) in [6.45, 7) is 15.5. The van der Waals surface area contributed by atoms with E-state index in [1.165, 1.54) is 126 Å². The van der Waals surface area contributed by atoms with Crippen molar-refractivity contribution in [3.05, 3.63) is 0 Å². The van der Waals surface area contributed by atoms with Crippen molar-refractivity contribution in [1.82, 2.24) is 0 Å². The maximum atomic E-state index is 6.31. The fourth-order valence-corrected chi connectivity index (χ4v) is 17.5. The minimum atomic E-state index is -0.759. The number of ether oxygens (including phenoxy) is 2. The van der Waals surface area contributed by atoms with E-state index in [1.807, 2.05) is 9.83 Å². The summed E-state index contributed by atoms with van der Waals surface area (Å²) < 4.78 is 12.6. The Morgan fingerprint density at radius 1 is 0.486 bits per heavy atom. The van der Waals surface area contributed by atoms with Crippen molar-refractivity contribution >= 4 is 49.0 Å². The van der Waals surface area contributed by atoms with Crippen molar-refractivity contribution in [1.29, 1.82) is 0 Å². The van der Waals surface area contributed by atoms with E-state index in [4.69, 9.17) is 9.47 Å². The van der Waals surface area contributed by atoms with E-state index in [-0.39, 0.29) is 0 Å². The van der Waals surface area contributed by atoms with Gasteiger partial charge >= 0.3 is 0 Å². The molecule has 37 heavy (non-hydrogen) atoms. The van der Waals surface area contributed by atoms with Gasteiger partial charge in [0, 0.05) is 36.2 Å². The number of hydrogen-bond acceptors (Lipinski definition) is 5. The van der Waals surface area contributed by atoms with Crippen LogP contribution in [0.15, 0.2) is 0 Å². The summed E-state index contributed by atoms with van der Waals surface area (Å²) in [6.07, 6.45) is 19.1. The van der Waals surface area contributed by atoms with Crippen LogP contribution in [0.4, 0.5) is 0 Å². The Hall–Kier alpha value is 1.40. The molecular formula is C30H66O2S3Si2. The van der Waals surface area contributed by atoms with Crippen LogP contribution in [-0.2, 0) is 9.47 Å². The van der Waals surface area contributed by atoms with Crippen molar-refractivity contribution in [3.63, 3.8) is 0 Å². The predicted molar refractivity (Wildman–Crippen MR) is 184 cm³/mol. The van der Waals surface area contributed by atoms with Gasteiger partial charge in [-0.25, -0.2) is 0 Å². The van der Waals surface area contributed by atoms with Crippen LogP contribution < -0.4 is 0 Å². The monoisotopic (exact) mass is 610 g/mol. The first-order valence-corrected chi connectivity index (χ1v) is 24.7. The summed E-state index contributed by atoms with van der Waals surface area (Å²) in [4.78, 5) is 0. The van der Waals surface area contributed by atoms with Gasteiger partial charge in [-0.1, -0.05) is 138 Å². The molecule has 0 aromatic carbocycles. The zero-order chi connectivity index (χ0) is 27.4. The Morgan fingerprint density at radius 3 is 1.14 bits per heavy atom. The second-order valence-electron chi connectivity index (χ2n) is 10.8. The molecular weight excluding hydrogens is 545 g/mol. The molecule has 0 heterocycles. The summed E-state index contributed by atoms with van der Waals surface area (Å²) in [5.74, 6) is 2.59. The maximum absolute atomic E-state index is 6.31. The van der Waals surface area contributed by atoms with Gasteiger partial charge in [0.15, 0.2) is 0 Å². The number of hydrogen-bond donors (Lipinski definition) is 0. The summed E-state index contributed by atoms with van der Waals surface area (Å²) in [5, 5.41) is 0. The smallest absolute Gasteiger partial charge is 0.0717 e. The molecule has 0 N–H and O–H groups in total. The quantitative estimate of drug-likeness (QED) is 0.0456. The van der Waals surface area contributed by atoms with Gasteiger partial charge in [0.25, 0.3) is 0 Å². The van der Waals surface area contributed by atoms with Crippen molar-refractivity contribution in [2.75, 3.05) is 24.7 Å². The van der Waals surface area contributed by atoms with Crippen LogP contribution in [0.2, 0.25) is 24.2 Å². The van der Waals surface area contributed by atoms with Crippen LogP contribution in [0.5, 0.6) is 0 Å². The molecule has 0 radical (unpaired) electrons. The van der Waals surface area contributed by atoms with Crippen LogP contribution >= 0.6 is 31.4 Å². The highest BCUT2D eigenvalue weighted by Crippen LogP contribution is 2.36. The third-order valence-corrected chi connectivity index (χ3v) is 19.7. The highest BCUT2D eigenvalue weighted by atomic mass is 33.5. The van der Waals surface area contributed by atoms with Crippen molar-refractivity contribution in [2.45, 2.75) is 167 Å². The van der Waals surface area contributed by atoms with Crippen molar-refractivity contribution < 1.29 is 9.47 Å². The van der Waals surface area contributed by atoms with Crippen molar-refractivity contribution in [2.24, 2.45) is 0 Å². The first-order chi connectivity index (χ1) is 18.2. The molecule has 0 aliphatic carbocycles. The Labute approximate surface area is 249 Å². The normalized spacial score (nSPS) is 13.6. The molecule has 224 valence electrons. The second-order valence-corrected chi connectivity index (χ2v) is 22.1. The molecule has 2 atom stereocenters. The summed E-state index contributed by atoms with van der Waals surface area (Å²) in [6, 6.07) is 5.98. The Morgan fingerprint density at radius 2 is 0.838 bits per heavy atom. The van der Waals surface area contributed by atoms with E-state index in [1.54, 1.807) is 0 Å². The van der Waals surface area contributed by atoms with Crippen molar-refractivity contribution in [3.8, 4) is 0 Å². The lowest BCUT2D eigenvalue weighted by Crippen LogP contribution is -2.33. The third-order valence-electron chi connectivity index (χ3n) is 7.56. The first-order valence-electron chi connectivity index (χ1n) is 16.3. The Bertz CT molecular complexity index is 395. The molecule has 2 unspecified atom stereocenters. The minimum absolute atomic E-state index is 0.627. The number of unbranched alkanes of at least 4 members (excludes halogenated alkanes) is 6. The first kappa shape index (κ1) is 38.4. The lowest BCUT2D eigenvalue weighted by Gasteiger charge is -2.26. The minimum Gasteiger partial charge on any atom is -0.382 e. The molecule has 2 nitrogen and oxygen atoms in total. The van der Waals surface area contributed by atoms with Crippen LogP contribution in [0.25, 0.3) is 0 Å². The van der Waals surface area contributed by atoms with E-state index in [2.05, 4.69) is 63.1 Å². The molecule has 0 aromatic heterocycles. The SMILES string of the molecule is CCCC[SiH](CCCC)C(CCCCSSSCCCCC(OCC)[SiH](CCCC)CCCC)OCC. The Balaban J connectivity index is 4.05. The maximum Gasteiger partial charge on any atom is 0.0717 e. The topological polar surface area (TPSA) is 18.5 Å². The highest BCUT2D eigenvalue weighted by molar-refractivity contribution is 9.09. The predicted octanol–water partition coefficient (Wildman–Crippen LogP) is 10.9. The van der Waals surface area contributed by atoms with Gasteiger partial charge in [-0.3, -0.25) is 0 Å². The van der Waals surface area contributed by atoms with Gasteiger partial charge in [0.05, 0.1) is 17.6 Å². The molecule has 0 aliphatic rings. The van der Waals surface area contributed by atoms with Crippen LogP contribution in [0.3, 0.4) is 0 Å². The van der Waals surface area contributed by atoms with Crippen LogP contribution in [0, 0.1) is 0 Å². The summed E-state index contributed by atoms with van der Waals surface area (Å²) in [7, 11) is 4.68. The Kier molecular flexibility index (Phi) is 31.5. The molecule has 7 heteroatoms. The van der Waals surface area contributed by atoms with Gasteiger partial charge in [-0.15, -0.1) is 0 Å². The highest BCUT2D eigenvalue weighted by Gasteiger charge is 2.23.